The van der Waals surface area contributed by atoms with Crippen LogP contribution in [0, 0.1) is 6.92 Å². The predicted octanol–water partition coefficient (Wildman–Crippen LogP) is 3.71. The third kappa shape index (κ3) is 3.55. The highest BCUT2D eigenvalue weighted by Gasteiger charge is 2.20. The van der Waals surface area contributed by atoms with E-state index in [4.69, 9.17) is 17.3 Å². The van der Waals surface area contributed by atoms with Gasteiger partial charge in [0.2, 0.25) is 0 Å². The Bertz CT molecular complexity index is 1250. The summed E-state index contributed by atoms with van der Waals surface area (Å²) in [6.07, 6.45) is 1.36. The molecule has 0 aliphatic heterocycles. The van der Waals surface area contributed by atoms with Crippen LogP contribution in [-0.2, 0) is 0 Å². The molecular formula is C21H16ClN5O2. The number of anilines is 1. The van der Waals surface area contributed by atoms with E-state index in [0.717, 1.165) is 11.1 Å². The van der Waals surface area contributed by atoms with Crippen molar-refractivity contribution >= 4 is 34.7 Å². The number of aryl methyl sites for hydroxylation is 1. The van der Waals surface area contributed by atoms with Gasteiger partial charge < -0.3 is 11.1 Å². The summed E-state index contributed by atoms with van der Waals surface area (Å²) in [7, 11) is 0. The number of rotatable bonds is 4. The van der Waals surface area contributed by atoms with Gasteiger partial charge in [0.25, 0.3) is 11.8 Å². The van der Waals surface area contributed by atoms with Crippen molar-refractivity contribution < 1.29 is 9.59 Å². The van der Waals surface area contributed by atoms with Crippen LogP contribution in [0.15, 0.2) is 60.9 Å². The number of carbonyl (C=O) groups excluding carboxylic acids is 2. The molecule has 144 valence electrons. The lowest BCUT2D eigenvalue weighted by Crippen LogP contribution is -2.18. The SMILES string of the molecule is Cc1cc(Cl)ccc1NC(=O)c1cc(-c2ccccc2)nc2c(C(N)=O)ncn12. The Morgan fingerprint density at radius 3 is 2.55 bits per heavy atom. The van der Waals surface area contributed by atoms with Crippen LogP contribution >= 0.6 is 11.6 Å². The molecule has 0 fully saturated rings. The van der Waals surface area contributed by atoms with Gasteiger partial charge in [0.15, 0.2) is 11.3 Å². The number of primary amides is 1. The molecule has 0 saturated heterocycles. The van der Waals surface area contributed by atoms with Crippen molar-refractivity contribution in [3.05, 3.63) is 82.9 Å². The largest absolute Gasteiger partial charge is 0.364 e. The Morgan fingerprint density at radius 2 is 1.86 bits per heavy atom. The number of hydrogen-bond donors (Lipinski definition) is 2. The molecule has 0 radical (unpaired) electrons. The summed E-state index contributed by atoms with van der Waals surface area (Å²) in [5.74, 6) is -1.10. The number of aromatic nitrogens is 3. The predicted molar refractivity (Wildman–Crippen MR) is 111 cm³/mol. The van der Waals surface area contributed by atoms with Gasteiger partial charge in [0.05, 0.1) is 5.69 Å². The van der Waals surface area contributed by atoms with E-state index < -0.39 is 5.91 Å². The van der Waals surface area contributed by atoms with Crippen LogP contribution in [0.3, 0.4) is 0 Å². The minimum absolute atomic E-state index is 0.000459. The van der Waals surface area contributed by atoms with Crippen molar-refractivity contribution in [2.45, 2.75) is 6.92 Å². The normalized spacial score (nSPS) is 10.8. The van der Waals surface area contributed by atoms with Crippen molar-refractivity contribution in [2.24, 2.45) is 5.73 Å². The van der Waals surface area contributed by atoms with Gasteiger partial charge in [-0.05, 0) is 36.8 Å². The number of halogens is 1. The fourth-order valence-corrected chi connectivity index (χ4v) is 3.26. The van der Waals surface area contributed by atoms with Crippen LogP contribution in [0.1, 0.15) is 26.5 Å². The molecule has 2 aromatic heterocycles. The lowest BCUT2D eigenvalue weighted by atomic mass is 10.1. The van der Waals surface area contributed by atoms with Gasteiger partial charge >= 0.3 is 0 Å². The molecular weight excluding hydrogens is 390 g/mol. The highest BCUT2D eigenvalue weighted by atomic mass is 35.5. The highest BCUT2D eigenvalue weighted by molar-refractivity contribution is 6.30. The number of benzene rings is 2. The van der Waals surface area contributed by atoms with E-state index >= 15 is 0 Å². The summed E-state index contributed by atoms with van der Waals surface area (Å²) in [6.45, 7) is 1.85. The van der Waals surface area contributed by atoms with E-state index in [9.17, 15) is 9.59 Å². The summed E-state index contributed by atoms with van der Waals surface area (Å²) >= 11 is 5.99. The maximum absolute atomic E-state index is 13.1. The van der Waals surface area contributed by atoms with Gasteiger partial charge in [-0.2, -0.15) is 0 Å². The van der Waals surface area contributed by atoms with Crippen LogP contribution in [0.5, 0.6) is 0 Å². The lowest BCUT2D eigenvalue weighted by molar-refractivity contribution is 0.0993. The zero-order chi connectivity index (χ0) is 20.5. The molecule has 7 nitrogen and oxygen atoms in total. The first kappa shape index (κ1) is 18.6. The van der Waals surface area contributed by atoms with E-state index in [1.54, 1.807) is 24.3 Å². The van der Waals surface area contributed by atoms with Gasteiger partial charge in [-0.25, -0.2) is 9.97 Å². The van der Waals surface area contributed by atoms with Crippen molar-refractivity contribution in [1.29, 1.82) is 0 Å². The standard InChI is InChI=1S/C21H16ClN5O2/c1-12-9-14(22)7-8-15(12)26-21(29)17-10-16(13-5-3-2-4-6-13)25-20-18(19(23)28)24-11-27(17)20/h2-11H,1H3,(H2,23,28)(H,26,29). The topological polar surface area (TPSA) is 102 Å². The Morgan fingerprint density at radius 1 is 1.10 bits per heavy atom. The van der Waals surface area contributed by atoms with Crippen LogP contribution in [0.25, 0.3) is 16.9 Å². The summed E-state index contributed by atoms with van der Waals surface area (Å²) in [5, 5.41) is 3.46. The summed E-state index contributed by atoms with van der Waals surface area (Å²) in [4.78, 5) is 33.4. The first-order chi connectivity index (χ1) is 13.9. The summed E-state index contributed by atoms with van der Waals surface area (Å²) in [5.41, 5.74) is 8.68. The first-order valence-electron chi connectivity index (χ1n) is 8.75. The van der Waals surface area contributed by atoms with Gasteiger partial charge in [0.1, 0.15) is 12.0 Å². The smallest absolute Gasteiger partial charge is 0.272 e. The molecule has 2 aromatic carbocycles. The number of amides is 2. The third-order valence-corrected chi connectivity index (χ3v) is 4.71. The number of fused-ring (bicyclic) bond motifs is 1. The molecule has 2 amide bonds. The Labute approximate surface area is 171 Å². The minimum Gasteiger partial charge on any atom is -0.364 e. The molecule has 0 spiro atoms. The van der Waals surface area contributed by atoms with Crippen molar-refractivity contribution in [3.63, 3.8) is 0 Å². The minimum atomic E-state index is -0.717. The molecule has 29 heavy (non-hydrogen) atoms. The van der Waals surface area contributed by atoms with Crippen LogP contribution < -0.4 is 11.1 Å². The van der Waals surface area contributed by atoms with Crippen molar-refractivity contribution in [2.75, 3.05) is 5.32 Å². The number of carbonyl (C=O) groups is 2. The molecule has 0 atom stereocenters. The Balaban J connectivity index is 1.86. The second kappa shape index (κ2) is 7.37. The number of nitrogens with zero attached hydrogens (tertiary/aromatic N) is 3. The van der Waals surface area contributed by atoms with Crippen LogP contribution in [0.4, 0.5) is 5.69 Å². The van der Waals surface area contributed by atoms with Crippen LogP contribution in [0.2, 0.25) is 5.02 Å². The van der Waals surface area contributed by atoms with Gasteiger partial charge in [0, 0.05) is 16.3 Å². The molecule has 3 N–H and O–H groups in total. The van der Waals surface area contributed by atoms with Crippen molar-refractivity contribution in [1.82, 2.24) is 14.4 Å². The van der Waals surface area contributed by atoms with Gasteiger partial charge in [-0.1, -0.05) is 41.9 Å². The zero-order valence-corrected chi connectivity index (χ0v) is 16.1. The monoisotopic (exact) mass is 405 g/mol. The maximum Gasteiger partial charge on any atom is 0.272 e. The molecule has 8 heteroatoms. The number of imidazole rings is 1. The van der Waals surface area contributed by atoms with E-state index in [2.05, 4.69) is 15.3 Å². The lowest BCUT2D eigenvalue weighted by Gasteiger charge is -2.12. The maximum atomic E-state index is 13.1. The van der Waals surface area contributed by atoms with E-state index in [1.165, 1.54) is 10.7 Å². The summed E-state index contributed by atoms with van der Waals surface area (Å²) in [6, 6.07) is 16.2. The molecule has 4 aromatic rings. The molecule has 0 bridgehead atoms. The van der Waals surface area contributed by atoms with Gasteiger partial charge in [-0.15, -0.1) is 0 Å². The average Bonchev–Trinajstić information content (AvgIpc) is 3.14. The Hall–Kier alpha value is -3.71. The molecule has 0 saturated carbocycles. The van der Waals surface area contributed by atoms with E-state index in [0.29, 0.717) is 16.4 Å². The number of hydrogen-bond acceptors (Lipinski definition) is 4. The molecule has 0 unspecified atom stereocenters. The van der Waals surface area contributed by atoms with Gasteiger partial charge in [-0.3, -0.25) is 14.0 Å². The Kier molecular flexibility index (Phi) is 4.74. The zero-order valence-electron chi connectivity index (χ0n) is 15.4. The molecule has 0 aliphatic carbocycles. The quantitative estimate of drug-likeness (QED) is 0.540. The highest BCUT2D eigenvalue weighted by Crippen LogP contribution is 2.24. The molecule has 2 heterocycles. The number of nitrogens with one attached hydrogen (secondary N) is 1. The third-order valence-electron chi connectivity index (χ3n) is 4.47. The second-order valence-corrected chi connectivity index (χ2v) is 6.89. The van der Waals surface area contributed by atoms with E-state index in [1.807, 2.05) is 37.3 Å². The fourth-order valence-electron chi connectivity index (χ4n) is 3.03. The average molecular weight is 406 g/mol. The number of nitrogens with two attached hydrogens (primary N) is 1. The molecule has 4 rings (SSSR count). The van der Waals surface area contributed by atoms with E-state index in [-0.39, 0.29) is 22.9 Å². The second-order valence-electron chi connectivity index (χ2n) is 6.46. The first-order valence-corrected chi connectivity index (χ1v) is 9.12. The summed E-state index contributed by atoms with van der Waals surface area (Å²) < 4.78 is 1.45. The van der Waals surface area contributed by atoms with Crippen molar-refractivity contribution in [3.8, 4) is 11.3 Å². The van der Waals surface area contributed by atoms with Crippen LogP contribution in [-0.4, -0.2) is 26.2 Å². The fraction of sp³-hybridized carbons (Fsp3) is 0.0476. The molecule has 0 aliphatic rings.